The van der Waals surface area contributed by atoms with Gasteiger partial charge in [-0.25, -0.2) is 4.39 Å². The maximum absolute atomic E-state index is 13.6. The average Bonchev–Trinajstić information content (AvgIpc) is 2.57. The number of hydrogen-bond acceptors (Lipinski definition) is 2. The summed E-state index contributed by atoms with van der Waals surface area (Å²) >= 11 is 0. The minimum Gasteiger partial charge on any atom is -0.313 e. The van der Waals surface area contributed by atoms with Crippen molar-refractivity contribution in [2.75, 3.05) is 19.6 Å². The van der Waals surface area contributed by atoms with E-state index in [0.717, 1.165) is 37.2 Å². The number of hydrogen-bond donors (Lipinski definition) is 1. The van der Waals surface area contributed by atoms with Crippen LogP contribution < -0.4 is 5.32 Å². The molecule has 1 aromatic carbocycles. The van der Waals surface area contributed by atoms with E-state index in [-0.39, 0.29) is 11.9 Å². The second-order valence-corrected chi connectivity index (χ2v) is 5.36. The van der Waals surface area contributed by atoms with Crippen molar-refractivity contribution < 1.29 is 4.39 Å². The molecule has 100 valence electrons. The third kappa shape index (κ3) is 3.09. The number of aryl methyl sites for hydroxylation is 1. The lowest BCUT2D eigenvalue weighted by Gasteiger charge is -2.27. The summed E-state index contributed by atoms with van der Waals surface area (Å²) in [7, 11) is 0. The van der Waals surface area contributed by atoms with Crippen LogP contribution in [-0.4, -0.2) is 30.6 Å². The summed E-state index contributed by atoms with van der Waals surface area (Å²) in [6, 6.07) is 6.47. The predicted molar refractivity (Wildman–Crippen MR) is 73.2 cm³/mol. The van der Waals surface area contributed by atoms with Gasteiger partial charge in [0.15, 0.2) is 0 Å². The van der Waals surface area contributed by atoms with E-state index in [0.29, 0.717) is 6.04 Å². The summed E-state index contributed by atoms with van der Waals surface area (Å²) in [5.74, 6) is -0.0966. The van der Waals surface area contributed by atoms with E-state index in [1.54, 1.807) is 13.0 Å². The zero-order valence-corrected chi connectivity index (χ0v) is 11.5. The molecule has 2 rings (SSSR count). The summed E-state index contributed by atoms with van der Waals surface area (Å²) in [5.41, 5.74) is 1.80. The maximum atomic E-state index is 13.6. The van der Waals surface area contributed by atoms with Crippen LogP contribution in [0, 0.1) is 12.7 Å². The van der Waals surface area contributed by atoms with Gasteiger partial charge in [0.25, 0.3) is 0 Å². The first-order chi connectivity index (χ1) is 8.58. The van der Waals surface area contributed by atoms with Gasteiger partial charge in [-0.1, -0.05) is 12.1 Å². The van der Waals surface area contributed by atoms with Crippen molar-refractivity contribution in [3.8, 4) is 0 Å². The quantitative estimate of drug-likeness (QED) is 0.868. The minimum atomic E-state index is -0.0966. The first-order valence-corrected chi connectivity index (χ1v) is 6.81. The number of benzene rings is 1. The van der Waals surface area contributed by atoms with Crippen molar-refractivity contribution in [1.82, 2.24) is 10.2 Å². The molecule has 0 amide bonds. The summed E-state index contributed by atoms with van der Waals surface area (Å²) in [4.78, 5) is 2.43. The van der Waals surface area contributed by atoms with Gasteiger partial charge in [0, 0.05) is 31.7 Å². The van der Waals surface area contributed by atoms with Crippen LogP contribution in [0.3, 0.4) is 0 Å². The van der Waals surface area contributed by atoms with Crippen LogP contribution in [0.1, 0.15) is 37.4 Å². The fraction of sp³-hybridized carbons (Fsp3) is 0.600. The lowest BCUT2D eigenvalue weighted by atomic mass is 10.0. The van der Waals surface area contributed by atoms with Crippen molar-refractivity contribution >= 4 is 0 Å². The normalized spacial score (nSPS) is 23.7. The number of nitrogens with zero attached hydrogens (tertiary/aromatic N) is 1. The maximum Gasteiger partial charge on any atom is 0.126 e. The minimum absolute atomic E-state index is 0.0966. The highest BCUT2D eigenvalue weighted by molar-refractivity contribution is 5.25. The molecule has 1 aliphatic heterocycles. The Bertz CT molecular complexity index is 405. The second-order valence-electron chi connectivity index (χ2n) is 5.36. The van der Waals surface area contributed by atoms with Crippen molar-refractivity contribution in [2.24, 2.45) is 0 Å². The van der Waals surface area contributed by atoms with Crippen LogP contribution in [0.5, 0.6) is 0 Å². The Hall–Kier alpha value is -0.930. The van der Waals surface area contributed by atoms with Gasteiger partial charge in [0.2, 0.25) is 0 Å². The molecule has 0 spiro atoms. The summed E-state index contributed by atoms with van der Waals surface area (Å²) < 4.78 is 13.6. The highest BCUT2D eigenvalue weighted by atomic mass is 19.1. The third-order valence-corrected chi connectivity index (χ3v) is 3.97. The fourth-order valence-corrected chi connectivity index (χ4v) is 2.49. The highest BCUT2D eigenvalue weighted by Gasteiger charge is 2.19. The molecule has 2 nitrogen and oxygen atoms in total. The van der Waals surface area contributed by atoms with Gasteiger partial charge in [-0.3, -0.25) is 4.90 Å². The molecule has 18 heavy (non-hydrogen) atoms. The van der Waals surface area contributed by atoms with E-state index in [2.05, 4.69) is 24.1 Å². The van der Waals surface area contributed by atoms with Gasteiger partial charge in [-0.05, 0) is 44.4 Å². The Labute approximate surface area is 109 Å². The predicted octanol–water partition coefficient (Wildman–Crippen LogP) is 2.88. The van der Waals surface area contributed by atoms with E-state index in [9.17, 15) is 4.39 Å². The molecule has 0 bridgehead atoms. The summed E-state index contributed by atoms with van der Waals surface area (Å²) in [6.07, 6.45) is 1.15. The summed E-state index contributed by atoms with van der Waals surface area (Å²) in [6.45, 7) is 9.31. The molecule has 1 saturated heterocycles. The van der Waals surface area contributed by atoms with E-state index >= 15 is 0 Å². The summed E-state index contributed by atoms with van der Waals surface area (Å²) in [5, 5.41) is 3.49. The Kier molecular flexibility index (Phi) is 4.36. The molecule has 2 atom stereocenters. The monoisotopic (exact) mass is 250 g/mol. The second kappa shape index (κ2) is 5.81. The van der Waals surface area contributed by atoms with Crippen LogP contribution in [0.15, 0.2) is 18.2 Å². The Balaban J connectivity index is 2.09. The topological polar surface area (TPSA) is 15.3 Å². The van der Waals surface area contributed by atoms with Gasteiger partial charge >= 0.3 is 0 Å². The smallest absolute Gasteiger partial charge is 0.126 e. The standard InChI is InChI=1S/C15H23FN2/c1-11-4-5-14(10-15(11)16)13(3)18-8-6-12(2)17-7-9-18/h4-5,10,12-13,17H,6-9H2,1-3H3. The lowest BCUT2D eigenvalue weighted by Crippen LogP contribution is -2.31. The largest absolute Gasteiger partial charge is 0.313 e. The van der Waals surface area contributed by atoms with Crippen molar-refractivity contribution in [3.63, 3.8) is 0 Å². The zero-order valence-electron chi connectivity index (χ0n) is 11.5. The van der Waals surface area contributed by atoms with Gasteiger partial charge in [-0.15, -0.1) is 0 Å². The van der Waals surface area contributed by atoms with Crippen LogP contribution in [-0.2, 0) is 0 Å². The van der Waals surface area contributed by atoms with Gasteiger partial charge in [0.1, 0.15) is 5.82 Å². The first kappa shape index (κ1) is 13.5. The molecule has 0 aliphatic carbocycles. The Morgan fingerprint density at radius 1 is 1.39 bits per heavy atom. The van der Waals surface area contributed by atoms with E-state index in [1.807, 2.05) is 12.1 Å². The third-order valence-electron chi connectivity index (χ3n) is 3.97. The van der Waals surface area contributed by atoms with E-state index in [1.165, 1.54) is 0 Å². The van der Waals surface area contributed by atoms with Crippen molar-refractivity contribution in [2.45, 2.75) is 39.3 Å². The number of nitrogens with one attached hydrogen (secondary N) is 1. The molecule has 1 fully saturated rings. The van der Waals surface area contributed by atoms with Gasteiger partial charge in [0.05, 0.1) is 0 Å². The van der Waals surface area contributed by atoms with Gasteiger partial charge in [-0.2, -0.15) is 0 Å². The first-order valence-electron chi connectivity index (χ1n) is 6.81. The fourth-order valence-electron chi connectivity index (χ4n) is 2.49. The lowest BCUT2D eigenvalue weighted by molar-refractivity contribution is 0.223. The molecular formula is C15H23FN2. The van der Waals surface area contributed by atoms with Crippen molar-refractivity contribution in [3.05, 3.63) is 35.1 Å². The molecular weight excluding hydrogens is 227 g/mol. The molecule has 1 aliphatic rings. The number of halogens is 1. The molecule has 0 radical (unpaired) electrons. The SMILES string of the molecule is Cc1ccc(C(C)N2CCNC(C)CC2)cc1F. The van der Waals surface area contributed by atoms with Crippen molar-refractivity contribution in [1.29, 1.82) is 0 Å². The number of rotatable bonds is 2. The zero-order chi connectivity index (χ0) is 13.1. The molecule has 1 heterocycles. The molecule has 0 saturated carbocycles. The van der Waals surface area contributed by atoms with Crippen LogP contribution in [0.4, 0.5) is 4.39 Å². The molecule has 0 aromatic heterocycles. The van der Waals surface area contributed by atoms with Crippen LogP contribution in [0.25, 0.3) is 0 Å². The van der Waals surface area contributed by atoms with Crippen LogP contribution >= 0.6 is 0 Å². The average molecular weight is 250 g/mol. The Morgan fingerprint density at radius 3 is 2.89 bits per heavy atom. The molecule has 2 unspecified atom stereocenters. The van der Waals surface area contributed by atoms with Gasteiger partial charge < -0.3 is 5.32 Å². The molecule has 3 heteroatoms. The Morgan fingerprint density at radius 2 is 2.17 bits per heavy atom. The molecule has 1 aromatic rings. The molecule has 1 N–H and O–H groups in total. The van der Waals surface area contributed by atoms with E-state index in [4.69, 9.17) is 0 Å². The van der Waals surface area contributed by atoms with E-state index < -0.39 is 0 Å². The van der Waals surface area contributed by atoms with Crippen LogP contribution in [0.2, 0.25) is 0 Å². The highest BCUT2D eigenvalue weighted by Crippen LogP contribution is 2.23.